The van der Waals surface area contributed by atoms with Crippen LogP contribution in [0.5, 0.6) is 0 Å². The Morgan fingerprint density at radius 3 is 2.65 bits per heavy atom. The van der Waals surface area contributed by atoms with Crippen LogP contribution in [-0.2, 0) is 10.0 Å². The van der Waals surface area contributed by atoms with E-state index in [0.29, 0.717) is 6.42 Å². The van der Waals surface area contributed by atoms with Gasteiger partial charge in [-0.15, -0.1) is 0 Å². The zero-order chi connectivity index (χ0) is 13.1. The van der Waals surface area contributed by atoms with Crippen LogP contribution in [0.1, 0.15) is 18.9 Å². The predicted molar refractivity (Wildman–Crippen MR) is 69.6 cm³/mol. The molecule has 0 aliphatic rings. The Morgan fingerprint density at radius 2 is 2.12 bits per heavy atom. The summed E-state index contributed by atoms with van der Waals surface area (Å²) in [6, 6.07) is 4.64. The molecule has 6 heteroatoms. The van der Waals surface area contributed by atoms with E-state index in [1.165, 1.54) is 6.07 Å². The van der Waals surface area contributed by atoms with Crippen molar-refractivity contribution in [2.24, 2.45) is 5.73 Å². The molecule has 1 aromatic carbocycles. The third-order valence-electron chi connectivity index (χ3n) is 2.44. The average molecular weight is 277 g/mol. The Balaban J connectivity index is 2.90. The van der Waals surface area contributed by atoms with Gasteiger partial charge in [0, 0.05) is 12.6 Å². The number of halogens is 1. The van der Waals surface area contributed by atoms with Gasteiger partial charge in [-0.3, -0.25) is 0 Å². The van der Waals surface area contributed by atoms with Crippen molar-refractivity contribution in [3.05, 3.63) is 28.8 Å². The molecule has 96 valence electrons. The fourth-order valence-corrected chi connectivity index (χ4v) is 2.95. The molecular formula is C11H17ClN2O2S. The van der Waals surface area contributed by atoms with Crippen molar-refractivity contribution in [2.45, 2.75) is 31.2 Å². The molecular weight excluding hydrogens is 260 g/mol. The van der Waals surface area contributed by atoms with Crippen LogP contribution in [0.25, 0.3) is 0 Å². The van der Waals surface area contributed by atoms with Gasteiger partial charge in [0.05, 0.1) is 5.02 Å². The summed E-state index contributed by atoms with van der Waals surface area (Å²) >= 11 is 5.91. The summed E-state index contributed by atoms with van der Waals surface area (Å²) in [6.07, 6.45) is 0.712. The van der Waals surface area contributed by atoms with Crippen LogP contribution in [0.15, 0.2) is 23.1 Å². The lowest BCUT2D eigenvalue weighted by Gasteiger charge is -2.12. The fourth-order valence-electron chi connectivity index (χ4n) is 1.26. The van der Waals surface area contributed by atoms with Crippen LogP contribution in [0, 0.1) is 6.92 Å². The lowest BCUT2D eigenvalue weighted by molar-refractivity contribution is 0.564. The minimum atomic E-state index is -3.57. The lowest BCUT2D eigenvalue weighted by atomic mass is 10.2. The van der Waals surface area contributed by atoms with Gasteiger partial charge in [-0.25, -0.2) is 13.1 Å². The largest absolute Gasteiger partial charge is 0.327 e. The third kappa shape index (κ3) is 3.96. The summed E-state index contributed by atoms with van der Waals surface area (Å²) in [5.41, 5.74) is 6.58. The molecule has 0 aromatic heterocycles. The van der Waals surface area contributed by atoms with Gasteiger partial charge in [0.2, 0.25) is 10.0 Å². The molecule has 3 N–H and O–H groups in total. The van der Waals surface area contributed by atoms with E-state index in [2.05, 4.69) is 4.72 Å². The lowest BCUT2D eigenvalue weighted by Crippen LogP contribution is -2.36. The normalized spacial score (nSPS) is 13.6. The molecule has 0 amide bonds. The first-order valence-corrected chi connectivity index (χ1v) is 7.24. The van der Waals surface area contributed by atoms with E-state index in [4.69, 9.17) is 17.3 Å². The molecule has 0 heterocycles. The number of benzene rings is 1. The first-order valence-electron chi connectivity index (χ1n) is 5.38. The van der Waals surface area contributed by atoms with Gasteiger partial charge in [-0.2, -0.15) is 0 Å². The molecule has 1 unspecified atom stereocenters. The molecule has 0 fully saturated rings. The van der Waals surface area contributed by atoms with Crippen LogP contribution in [-0.4, -0.2) is 21.0 Å². The Bertz CT molecular complexity index is 488. The van der Waals surface area contributed by atoms with E-state index in [9.17, 15) is 8.42 Å². The number of sulfonamides is 1. The molecule has 0 radical (unpaired) electrons. The molecule has 0 bridgehead atoms. The highest BCUT2D eigenvalue weighted by molar-refractivity contribution is 7.89. The monoisotopic (exact) mass is 276 g/mol. The maximum Gasteiger partial charge on any atom is 0.242 e. The molecule has 0 aliphatic carbocycles. The molecule has 0 spiro atoms. The molecule has 4 nitrogen and oxygen atoms in total. The Hall–Kier alpha value is -0.620. The molecule has 0 aliphatic heterocycles. The van der Waals surface area contributed by atoms with Crippen molar-refractivity contribution in [2.75, 3.05) is 6.54 Å². The Morgan fingerprint density at radius 1 is 1.47 bits per heavy atom. The minimum absolute atomic E-state index is 0.0908. The highest BCUT2D eigenvalue weighted by Gasteiger charge is 2.18. The zero-order valence-corrected chi connectivity index (χ0v) is 11.5. The van der Waals surface area contributed by atoms with Crippen LogP contribution < -0.4 is 10.5 Å². The number of hydrogen-bond acceptors (Lipinski definition) is 3. The average Bonchev–Trinajstić information content (AvgIpc) is 2.25. The van der Waals surface area contributed by atoms with E-state index < -0.39 is 10.0 Å². The van der Waals surface area contributed by atoms with Gasteiger partial charge in [0.25, 0.3) is 0 Å². The second kappa shape index (κ2) is 5.82. The number of nitrogens with one attached hydrogen (secondary N) is 1. The Labute approximate surface area is 107 Å². The van der Waals surface area contributed by atoms with Crippen molar-refractivity contribution >= 4 is 21.6 Å². The summed E-state index contributed by atoms with van der Waals surface area (Å²) in [5.74, 6) is 0. The predicted octanol–water partition coefficient (Wildman–Crippen LogP) is 1.66. The van der Waals surface area contributed by atoms with Crippen LogP contribution in [0.2, 0.25) is 5.02 Å². The molecule has 17 heavy (non-hydrogen) atoms. The summed E-state index contributed by atoms with van der Waals surface area (Å²) in [7, 11) is -3.57. The van der Waals surface area contributed by atoms with Gasteiger partial charge >= 0.3 is 0 Å². The van der Waals surface area contributed by atoms with Crippen molar-refractivity contribution < 1.29 is 8.42 Å². The first kappa shape index (κ1) is 14.4. The van der Waals surface area contributed by atoms with E-state index in [1.54, 1.807) is 12.1 Å². The van der Waals surface area contributed by atoms with Crippen LogP contribution >= 0.6 is 11.6 Å². The van der Waals surface area contributed by atoms with E-state index in [-0.39, 0.29) is 22.5 Å². The van der Waals surface area contributed by atoms with Crippen molar-refractivity contribution in [1.29, 1.82) is 0 Å². The summed E-state index contributed by atoms with van der Waals surface area (Å²) in [4.78, 5) is 0.0908. The molecule has 1 rings (SSSR count). The van der Waals surface area contributed by atoms with Gasteiger partial charge in [0.1, 0.15) is 4.90 Å². The maximum absolute atomic E-state index is 11.9. The molecule has 1 aromatic rings. The van der Waals surface area contributed by atoms with E-state index in [1.807, 2.05) is 13.8 Å². The van der Waals surface area contributed by atoms with E-state index in [0.717, 1.165) is 5.56 Å². The van der Waals surface area contributed by atoms with Gasteiger partial charge in [-0.1, -0.05) is 24.6 Å². The van der Waals surface area contributed by atoms with Gasteiger partial charge in [-0.05, 0) is 31.0 Å². The maximum atomic E-state index is 11.9. The Kier molecular flexibility index (Phi) is 4.94. The quantitative estimate of drug-likeness (QED) is 0.859. The number of aryl methyl sites for hydroxylation is 1. The molecule has 0 saturated carbocycles. The van der Waals surface area contributed by atoms with Crippen molar-refractivity contribution in [3.8, 4) is 0 Å². The highest BCUT2D eigenvalue weighted by Crippen LogP contribution is 2.22. The standard InChI is InChI=1S/C11H17ClN2O2S/c1-3-9(13)7-14-17(15,16)11-5-4-8(2)6-10(11)12/h4-6,9,14H,3,7,13H2,1-2H3. The third-order valence-corrected chi connectivity index (χ3v) is 4.34. The number of rotatable bonds is 5. The second-order valence-corrected chi connectivity index (χ2v) is 6.10. The van der Waals surface area contributed by atoms with Crippen molar-refractivity contribution in [1.82, 2.24) is 4.72 Å². The van der Waals surface area contributed by atoms with Gasteiger partial charge < -0.3 is 5.73 Å². The smallest absolute Gasteiger partial charge is 0.242 e. The summed E-state index contributed by atoms with van der Waals surface area (Å²) < 4.78 is 26.3. The summed E-state index contributed by atoms with van der Waals surface area (Å²) in [6.45, 7) is 3.96. The first-order chi connectivity index (χ1) is 7.86. The minimum Gasteiger partial charge on any atom is -0.327 e. The second-order valence-electron chi connectivity index (χ2n) is 3.95. The van der Waals surface area contributed by atoms with Crippen LogP contribution in [0.3, 0.4) is 0 Å². The zero-order valence-electron chi connectivity index (χ0n) is 9.90. The van der Waals surface area contributed by atoms with Gasteiger partial charge in [0.15, 0.2) is 0 Å². The van der Waals surface area contributed by atoms with E-state index >= 15 is 0 Å². The number of hydrogen-bond donors (Lipinski definition) is 2. The SMILES string of the molecule is CCC(N)CNS(=O)(=O)c1ccc(C)cc1Cl. The summed E-state index contributed by atoms with van der Waals surface area (Å²) in [5, 5.41) is 0.225. The highest BCUT2D eigenvalue weighted by atomic mass is 35.5. The van der Waals surface area contributed by atoms with Crippen molar-refractivity contribution in [3.63, 3.8) is 0 Å². The molecule has 0 saturated heterocycles. The number of nitrogens with two attached hydrogens (primary N) is 1. The fraction of sp³-hybridized carbons (Fsp3) is 0.455. The molecule has 1 atom stereocenters. The van der Waals surface area contributed by atoms with Crippen LogP contribution in [0.4, 0.5) is 0 Å². The topological polar surface area (TPSA) is 72.2 Å².